The van der Waals surface area contributed by atoms with Gasteiger partial charge in [-0.1, -0.05) is 35.7 Å². The first-order valence-corrected chi connectivity index (χ1v) is 12.1. The second-order valence-corrected chi connectivity index (χ2v) is 10.0. The Morgan fingerprint density at radius 3 is 2.70 bits per heavy atom. The molecule has 1 aliphatic rings. The number of ether oxygens (including phenoxy) is 1. The van der Waals surface area contributed by atoms with E-state index in [0.29, 0.717) is 24.0 Å². The maximum atomic E-state index is 12.6. The third-order valence-electron chi connectivity index (χ3n) is 5.07. The van der Waals surface area contributed by atoms with Crippen LogP contribution in [-0.2, 0) is 11.3 Å². The fourth-order valence-electron chi connectivity index (χ4n) is 3.34. The summed E-state index contributed by atoms with van der Waals surface area (Å²) < 4.78 is 6.82. The van der Waals surface area contributed by atoms with Crippen LogP contribution in [-0.4, -0.2) is 70.6 Å². The first-order chi connectivity index (χ1) is 16.0. The number of carboxylic acid groups (broad SMARTS) is 1. The lowest BCUT2D eigenvalue weighted by atomic mass is 10.1. The number of tetrazole rings is 1. The number of thioether (sulfide) groups is 2. The number of imidazole rings is 1. The average molecular weight is 490 g/mol. The molecule has 0 radical (unpaired) electrons. The number of carboxylic acids is 1. The van der Waals surface area contributed by atoms with Crippen molar-refractivity contribution >= 4 is 35.6 Å². The van der Waals surface area contributed by atoms with Crippen LogP contribution in [0.2, 0.25) is 0 Å². The number of hydrogen-bond acceptors (Lipinski definition) is 9. The molecule has 2 aromatic heterocycles. The molecular formula is C20H23N7O4S2. The molecule has 1 atom stereocenters. The van der Waals surface area contributed by atoms with Crippen LogP contribution in [0.15, 0.2) is 47.0 Å². The molecule has 0 saturated carbocycles. The first-order valence-electron chi connectivity index (χ1n) is 10.4. The predicted octanol–water partition coefficient (Wildman–Crippen LogP) is 3.09. The number of carbonyl (C=O) groups excluding carboxylic acids is 1. The molecule has 4 rings (SSSR count). The van der Waals surface area contributed by atoms with E-state index in [2.05, 4.69) is 32.4 Å². The standard InChI is InChI=1S/C20H23N7O4S2/c1-13(32-18-21-8-9-22-18)14-2-4-15(5-3-14)31-20(30)26-10-6-16(7-11-26)33-19-23-24-25-27(19)12-17(28)29/h2-5,8-9,13,16H,6-7,10-12H2,1H3,(H,21,22)(H,28,29). The summed E-state index contributed by atoms with van der Waals surface area (Å²) in [4.78, 5) is 32.5. The normalized spacial score (nSPS) is 15.4. The molecule has 11 nitrogen and oxygen atoms in total. The third kappa shape index (κ3) is 6.26. The lowest BCUT2D eigenvalue weighted by Crippen LogP contribution is -2.41. The molecular weight excluding hydrogens is 466 g/mol. The van der Waals surface area contributed by atoms with Crippen LogP contribution >= 0.6 is 23.5 Å². The highest BCUT2D eigenvalue weighted by Crippen LogP contribution is 2.33. The van der Waals surface area contributed by atoms with Gasteiger partial charge in [-0.25, -0.2) is 14.5 Å². The topological polar surface area (TPSA) is 139 Å². The van der Waals surface area contributed by atoms with E-state index in [1.165, 1.54) is 16.4 Å². The van der Waals surface area contributed by atoms with Gasteiger partial charge in [-0.3, -0.25) is 4.79 Å². The second-order valence-electron chi connectivity index (χ2n) is 7.41. The monoisotopic (exact) mass is 489 g/mol. The van der Waals surface area contributed by atoms with E-state index >= 15 is 0 Å². The van der Waals surface area contributed by atoms with Crippen molar-refractivity contribution in [3.8, 4) is 5.75 Å². The number of aromatic amines is 1. The third-order valence-corrected chi connectivity index (χ3v) is 7.45. The lowest BCUT2D eigenvalue weighted by Gasteiger charge is -2.30. The summed E-state index contributed by atoms with van der Waals surface area (Å²) in [5.41, 5.74) is 1.11. The number of nitrogens with one attached hydrogen (secondary N) is 1. The van der Waals surface area contributed by atoms with Crippen LogP contribution in [0.5, 0.6) is 5.75 Å². The highest BCUT2D eigenvalue weighted by molar-refractivity contribution is 7.99. The van der Waals surface area contributed by atoms with Gasteiger partial charge in [0, 0.05) is 36.0 Å². The van der Waals surface area contributed by atoms with Crippen molar-refractivity contribution < 1.29 is 19.4 Å². The number of likely N-dealkylation sites (tertiary alicyclic amines) is 1. The average Bonchev–Trinajstić information content (AvgIpc) is 3.46. The van der Waals surface area contributed by atoms with Gasteiger partial charge in [-0.05, 0) is 47.9 Å². The number of rotatable bonds is 8. The summed E-state index contributed by atoms with van der Waals surface area (Å²) in [7, 11) is 0. The fourth-order valence-corrected chi connectivity index (χ4v) is 5.27. The van der Waals surface area contributed by atoms with Crippen LogP contribution in [0.25, 0.3) is 0 Å². The first kappa shape index (κ1) is 23.1. The number of aliphatic carboxylic acids is 1. The minimum absolute atomic E-state index is 0.194. The molecule has 33 heavy (non-hydrogen) atoms. The van der Waals surface area contributed by atoms with Crippen molar-refractivity contribution in [2.24, 2.45) is 0 Å². The molecule has 1 saturated heterocycles. The van der Waals surface area contributed by atoms with E-state index in [0.717, 1.165) is 23.6 Å². The number of H-pyrrole nitrogens is 1. The van der Waals surface area contributed by atoms with Gasteiger partial charge in [0.15, 0.2) is 5.16 Å². The number of nitrogens with zero attached hydrogens (tertiary/aromatic N) is 6. The lowest BCUT2D eigenvalue weighted by molar-refractivity contribution is -0.138. The van der Waals surface area contributed by atoms with Gasteiger partial charge in [0.25, 0.3) is 0 Å². The molecule has 1 amide bonds. The zero-order valence-electron chi connectivity index (χ0n) is 17.8. The highest BCUT2D eigenvalue weighted by Gasteiger charge is 2.26. The summed E-state index contributed by atoms with van der Waals surface area (Å²) in [6.07, 6.45) is 4.61. The minimum atomic E-state index is -1.000. The Labute approximate surface area is 198 Å². The Morgan fingerprint density at radius 1 is 1.27 bits per heavy atom. The van der Waals surface area contributed by atoms with Crippen LogP contribution in [0, 0.1) is 0 Å². The highest BCUT2D eigenvalue weighted by atomic mass is 32.2. The zero-order chi connectivity index (χ0) is 23.2. The van der Waals surface area contributed by atoms with Crippen LogP contribution in [0.4, 0.5) is 4.79 Å². The quantitative estimate of drug-likeness (QED) is 0.454. The van der Waals surface area contributed by atoms with Crippen molar-refractivity contribution in [2.75, 3.05) is 13.1 Å². The van der Waals surface area contributed by atoms with Crippen LogP contribution in [0.1, 0.15) is 30.6 Å². The van der Waals surface area contributed by atoms with Gasteiger partial charge in [0.2, 0.25) is 5.16 Å². The van der Waals surface area contributed by atoms with E-state index in [1.807, 2.05) is 12.1 Å². The van der Waals surface area contributed by atoms with E-state index in [-0.39, 0.29) is 23.1 Å². The number of aromatic nitrogens is 6. The smallest absolute Gasteiger partial charge is 0.415 e. The fraction of sp³-hybridized carbons (Fsp3) is 0.400. The molecule has 0 spiro atoms. The summed E-state index contributed by atoms with van der Waals surface area (Å²) in [5, 5.41) is 21.8. The number of benzene rings is 1. The molecule has 3 heterocycles. The minimum Gasteiger partial charge on any atom is -0.480 e. The Bertz CT molecular complexity index is 1070. The largest absolute Gasteiger partial charge is 0.480 e. The van der Waals surface area contributed by atoms with Crippen LogP contribution < -0.4 is 4.74 Å². The Kier molecular flexibility index (Phi) is 7.50. The van der Waals surface area contributed by atoms with Crippen molar-refractivity contribution in [2.45, 2.75) is 47.1 Å². The maximum Gasteiger partial charge on any atom is 0.415 e. The molecule has 0 bridgehead atoms. The van der Waals surface area contributed by atoms with Gasteiger partial charge < -0.3 is 19.7 Å². The number of piperidine rings is 1. The molecule has 174 valence electrons. The summed E-state index contributed by atoms with van der Waals surface area (Å²) in [6, 6.07) is 7.51. The van der Waals surface area contributed by atoms with Gasteiger partial charge >= 0.3 is 12.1 Å². The van der Waals surface area contributed by atoms with E-state index in [1.54, 1.807) is 41.2 Å². The molecule has 0 aliphatic carbocycles. The Hall–Kier alpha value is -3.06. The number of amides is 1. The van der Waals surface area contributed by atoms with Gasteiger partial charge in [0.1, 0.15) is 12.3 Å². The summed E-state index contributed by atoms with van der Waals surface area (Å²) >= 11 is 3.06. The molecule has 1 fully saturated rings. The van der Waals surface area contributed by atoms with Crippen LogP contribution in [0.3, 0.4) is 0 Å². The molecule has 1 aliphatic heterocycles. The maximum absolute atomic E-state index is 12.6. The molecule has 1 unspecified atom stereocenters. The summed E-state index contributed by atoms with van der Waals surface area (Å²) in [6.45, 7) is 2.91. The molecule has 3 aromatic rings. The van der Waals surface area contributed by atoms with E-state index < -0.39 is 5.97 Å². The van der Waals surface area contributed by atoms with E-state index in [9.17, 15) is 9.59 Å². The van der Waals surface area contributed by atoms with Gasteiger partial charge in [-0.2, -0.15) is 0 Å². The predicted molar refractivity (Wildman–Crippen MR) is 121 cm³/mol. The zero-order valence-corrected chi connectivity index (χ0v) is 19.5. The van der Waals surface area contributed by atoms with E-state index in [4.69, 9.17) is 9.84 Å². The molecule has 2 N–H and O–H groups in total. The Morgan fingerprint density at radius 2 is 2.03 bits per heavy atom. The van der Waals surface area contributed by atoms with Gasteiger partial charge in [-0.15, -0.1) is 5.10 Å². The Balaban J connectivity index is 1.24. The second kappa shape index (κ2) is 10.7. The van der Waals surface area contributed by atoms with Gasteiger partial charge in [0.05, 0.1) is 0 Å². The number of carbonyl (C=O) groups is 2. The number of hydrogen-bond donors (Lipinski definition) is 2. The van der Waals surface area contributed by atoms with Crippen molar-refractivity contribution in [3.05, 3.63) is 42.2 Å². The molecule has 1 aromatic carbocycles. The van der Waals surface area contributed by atoms with Crippen molar-refractivity contribution in [1.29, 1.82) is 0 Å². The van der Waals surface area contributed by atoms with Crippen molar-refractivity contribution in [1.82, 2.24) is 35.1 Å². The van der Waals surface area contributed by atoms with Crippen molar-refractivity contribution in [3.63, 3.8) is 0 Å². The SMILES string of the molecule is CC(Sc1ncc[nH]1)c1ccc(OC(=O)N2CCC(Sc3nnnn3CC(=O)O)CC2)cc1. The summed E-state index contributed by atoms with van der Waals surface area (Å²) in [5.74, 6) is -0.497. The molecule has 13 heteroatoms.